The summed E-state index contributed by atoms with van der Waals surface area (Å²) < 4.78 is 42.0. The van der Waals surface area contributed by atoms with Crippen LogP contribution in [0.5, 0.6) is 5.88 Å². The number of amides is 2. The third kappa shape index (κ3) is 10.2. The first-order valence-electron chi connectivity index (χ1n) is 13.5. The highest BCUT2D eigenvalue weighted by Crippen LogP contribution is 2.26. The molecule has 0 bridgehead atoms. The lowest BCUT2D eigenvalue weighted by molar-refractivity contribution is -0.152. The van der Waals surface area contributed by atoms with Gasteiger partial charge in [0.25, 0.3) is 15.9 Å². The van der Waals surface area contributed by atoms with Crippen molar-refractivity contribution in [1.82, 2.24) is 15.0 Å². The number of nitrogens with zero attached hydrogens (tertiary/aromatic N) is 1. The maximum absolute atomic E-state index is 12.8. The van der Waals surface area contributed by atoms with Gasteiger partial charge in [-0.1, -0.05) is 31.4 Å². The Balaban J connectivity index is 1.50. The predicted molar refractivity (Wildman–Crippen MR) is 146 cm³/mol. The molecule has 2 N–H and O–H groups in total. The van der Waals surface area contributed by atoms with Crippen molar-refractivity contribution in [3.05, 3.63) is 53.7 Å². The fraction of sp³-hybridized carbons (Fsp3) is 0.464. The molecule has 1 unspecified atom stereocenters. The second-order valence-electron chi connectivity index (χ2n) is 9.64. The average molecular weight is 590 g/mol. The van der Waals surface area contributed by atoms with Gasteiger partial charge < -0.3 is 19.5 Å². The van der Waals surface area contributed by atoms with Crippen molar-refractivity contribution in [1.29, 1.82) is 0 Å². The van der Waals surface area contributed by atoms with Gasteiger partial charge in [0.2, 0.25) is 11.8 Å². The number of rotatable bonds is 12. The molecule has 2 aromatic rings. The molecule has 3 rings (SSSR count). The molecule has 0 radical (unpaired) electrons. The third-order valence-corrected chi connectivity index (χ3v) is 7.78. The second kappa shape index (κ2) is 15.1. The lowest BCUT2D eigenvalue weighted by Crippen LogP contribution is -2.31. The first-order chi connectivity index (χ1) is 19.6. The number of ether oxygens (including phenoxy) is 3. The number of carbonyl (C=O) groups excluding carboxylic acids is 4. The molecule has 0 aliphatic heterocycles. The summed E-state index contributed by atoms with van der Waals surface area (Å²) >= 11 is 0. The zero-order valence-corrected chi connectivity index (χ0v) is 23.9. The van der Waals surface area contributed by atoms with Crippen molar-refractivity contribution in [2.24, 2.45) is 5.92 Å². The van der Waals surface area contributed by atoms with Crippen LogP contribution < -0.4 is 14.8 Å². The van der Waals surface area contributed by atoms with Crippen molar-refractivity contribution >= 4 is 34.0 Å². The van der Waals surface area contributed by atoms with Crippen LogP contribution in [-0.2, 0) is 35.5 Å². The van der Waals surface area contributed by atoms with Crippen molar-refractivity contribution in [2.75, 3.05) is 13.2 Å². The number of sulfonamides is 1. The van der Waals surface area contributed by atoms with E-state index in [0.717, 1.165) is 19.0 Å². The molecule has 222 valence electrons. The summed E-state index contributed by atoms with van der Waals surface area (Å²) in [6.07, 6.45) is 5.30. The normalized spacial score (nSPS) is 14.4. The van der Waals surface area contributed by atoms with Crippen molar-refractivity contribution in [3.63, 3.8) is 0 Å². The maximum Gasteiger partial charge on any atom is 0.516 e. The molecule has 0 saturated heterocycles. The highest BCUT2D eigenvalue weighted by atomic mass is 32.2. The minimum Gasteiger partial charge on any atom is -0.463 e. The molecule has 13 heteroatoms. The molecule has 1 heterocycles. The van der Waals surface area contributed by atoms with Gasteiger partial charge in [0, 0.05) is 25.2 Å². The predicted octanol–water partition coefficient (Wildman–Crippen LogP) is 3.30. The number of pyridine rings is 1. The van der Waals surface area contributed by atoms with E-state index in [1.54, 1.807) is 19.1 Å². The molecule has 41 heavy (non-hydrogen) atoms. The second-order valence-corrected chi connectivity index (χ2v) is 11.3. The maximum atomic E-state index is 12.8. The van der Waals surface area contributed by atoms with Gasteiger partial charge in [-0.3, -0.25) is 9.59 Å². The monoisotopic (exact) mass is 589 g/mol. The number of nitrogens with one attached hydrogen (secondary N) is 2. The lowest BCUT2D eigenvalue weighted by atomic mass is 9.87. The Morgan fingerprint density at radius 2 is 1.83 bits per heavy atom. The largest absolute Gasteiger partial charge is 0.516 e. The zero-order chi connectivity index (χ0) is 29.8. The quantitative estimate of drug-likeness (QED) is 0.351. The average Bonchev–Trinajstić information content (AvgIpc) is 2.94. The van der Waals surface area contributed by atoms with Gasteiger partial charge in [0.05, 0.1) is 17.1 Å². The van der Waals surface area contributed by atoms with Crippen LogP contribution in [0.15, 0.2) is 47.5 Å². The first-order valence-corrected chi connectivity index (χ1v) is 15.0. The van der Waals surface area contributed by atoms with E-state index in [1.165, 1.54) is 50.5 Å². The Morgan fingerprint density at radius 3 is 2.51 bits per heavy atom. The molecular formula is C28H35N3O9S. The number of benzene rings is 1. The standard InChI is InChI=1S/C28H35N3O9S/c1-3-38-27(34)19(2)39-28(35)40-25-13-12-22(18-30-25)26(33)31-41(36,37)23-11-7-10-21(16-23)14-15-29-24(32)17-20-8-5-4-6-9-20/h7,10-13,16,18-20H,3-6,8-9,14-15,17H2,1-2H3,(H,29,32)(H,31,33). The van der Waals surface area contributed by atoms with E-state index < -0.39 is 34.2 Å². The van der Waals surface area contributed by atoms with Crippen LogP contribution in [0.1, 0.15) is 68.3 Å². The van der Waals surface area contributed by atoms with E-state index in [9.17, 15) is 27.6 Å². The van der Waals surface area contributed by atoms with Gasteiger partial charge >= 0.3 is 12.1 Å². The van der Waals surface area contributed by atoms with Crippen LogP contribution in [0, 0.1) is 5.92 Å². The molecule has 1 aliphatic carbocycles. The summed E-state index contributed by atoms with van der Waals surface area (Å²) in [6, 6.07) is 8.49. The number of aromatic nitrogens is 1. The number of hydrogen-bond acceptors (Lipinski definition) is 10. The van der Waals surface area contributed by atoms with Crippen LogP contribution in [-0.4, -0.2) is 56.6 Å². The number of carbonyl (C=O) groups is 4. The minimum absolute atomic E-state index is 0.00101. The third-order valence-electron chi connectivity index (χ3n) is 6.45. The number of esters is 1. The van der Waals surface area contributed by atoms with Gasteiger partial charge in [0.15, 0.2) is 6.10 Å². The van der Waals surface area contributed by atoms with Gasteiger partial charge in [-0.2, -0.15) is 0 Å². The lowest BCUT2D eigenvalue weighted by Gasteiger charge is -2.20. The summed E-state index contributed by atoms with van der Waals surface area (Å²) in [6.45, 7) is 3.41. The first kappa shape index (κ1) is 31.5. The van der Waals surface area contributed by atoms with Crippen molar-refractivity contribution < 1.29 is 41.8 Å². The molecular weight excluding hydrogens is 554 g/mol. The summed E-state index contributed by atoms with van der Waals surface area (Å²) in [5.41, 5.74) is 0.580. The summed E-state index contributed by atoms with van der Waals surface area (Å²) in [5, 5.41) is 2.90. The summed E-state index contributed by atoms with van der Waals surface area (Å²) in [4.78, 5) is 51.9. The molecule has 2 amide bonds. The molecule has 12 nitrogen and oxygen atoms in total. The van der Waals surface area contributed by atoms with E-state index in [0.29, 0.717) is 30.9 Å². The zero-order valence-electron chi connectivity index (χ0n) is 23.1. The van der Waals surface area contributed by atoms with Crippen LogP contribution in [0.3, 0.4) is 0 Å². The Bertz CT molecular complexity index is 1320. The topological polar surface area (TPSA) is 167 Å². The van der Waals surface area contributed by atoms with Crippen LogP contribution in [0.4, 0.5) is 4.79 Å². The molecule has 1 aliphatic rings. The van der Waals surface area contributed by atoms with E-state index in [4.69, 9.17) is 14.2 Å². The molecule has 1 fully saturated rings. The Labute approximate surface area is 239 Å². The van der Waals surface area contributed by atoms with Crippen LogP contribution in [0.2, 0.25) is 0 Å². The smallest absolute Gasteiger partial charge is 0.463 e. The van der Waals surface area contributed by atoms with Crippen LogP contribution >= 0.6 is 0 Å². The molecule has 1 saturated carbocycles. The van der Waals surface area contributed by atoms with Gasteiger partial charge in [-0.05, 0) is 62.8 Å². The van der Waals surface area contributed by atoms with Gasteiger partial charge in [-0.15, -0.1) is 0 Å². The fourth-order valence-corrected chi connectivity index (χ4v) is 5.36. The Hall–Kier alpha value is -4.00. The van der Waals surface area contributed by atoms with Crippen molar-refractivity contribution in [3.8, 4) is 5.88 Å². The van der Waals surface area contributed by atoms with E-state index in [2.05, 4.69) is 10.3 Å². The van der Waals surface area contributed by atoms with Gasteiger partial charge in [0.1, 0.15) is 0 Å². The van der Waals surface area contributed by atoms with E-state index in [-0.39, 0.29) is 28.9 Å². The highest BCUT2D eigenvalue weighted by Gasteiger charge is 2.22. The summed E-state index contributed by atoms with van der Waals surface area (Å²) in [5.74, 6) is -1.48. The summed E-state index contributed by atoms with van der Waals surface area (Å²) in [7, 11) is -4.21. The fourth-order valence-electron chi connectivity index (χ4n) is 4.32. The van der Waals surface area contributed by atoms with E-state index >= 15 is 0 Å². The van der Waals surface area contributed by atoms with Crippen LogP contribution in [0.25, 0.3) is 0 Å². The van der Waals surface area contributed by atoms with Crippen molar-refractivity contribution in [2.45, 2.75) is 69.8 Å². The molecule has 0 spiro atoms. The Morgan fingerprint density at radius 1 is 1.07 bits per heavy atom. The molecule has 1 atom stereocenters. The molecule has 1 aromatic heterocycles. The van der Waals surface area contributed by atoms with E-state index in [1.807, 2.05) is 4.72 Å². The number of hydrogen-bond donors (Lipinski definition) is 2. The molecule has 1 aromatic carbocycles. The SMILES string of the molecule is CCOC(=O)C(C)OC(=O)Oc1ccc(C(=O)NS(=O)(=O)c2cccc(CCNC(=O)CC3CCCCC3)c2)cn1. The minimum atomic E-state index is -4.21. The van der Waals surface area contributed by atoms with Gasteiger partial charge in [-0.25, -0.2) is 27.7 Å². The Kier molecular flexibility index (Phi) is 11.6. The highest BCUT2D eigenvalue weighted by molar-refractivity contribution is 7.90.